The van der Waals surface area contributed by atoms with E-state index >= 15 is 0 Å². The normalized spacial score (nSPS) is 12.2. The fourth-order valence-electron chi connectivity index (χ4n) is 2.30. The lowest BCUT2D eigenvalue weighted by atomic mass is 10.0. The van der Waals surface area contributed by atoms with Gasteiger partial charge in [0.05, 0.1) is 13.2 Å². The van der Waals surface area contributed by atoms with Crippen LogP contribution in [-0.2, 0) is 0 Å². The van der Waals surface area contributed by atoms with Crippen molar-refractivity contribution in [2.24, 2.45) is 0 Å². The second-order valence-electron chi connectivity index (χ2n) is 5.00. The molecule has 0 fully saturated rings. The zero-order chi connectivity index (χ0) is 15.2. The molecule has 0 spiro atoms. The van der Waals surface area contributed by atoms with Gasteiger partial charge in [0.2, 0.25) is 0 Å². The number of aromatic nitrogens is 1. The fourth-order valence-corrected chi connectivity index (χ4v) is 2.65. The molecule has 4 heteroatoms. The first-order valence-electron chi connectivity index (χ1n) is 7.15. The molecule has 21 heavy (non-hydrogen) atoms. The number of methoxy groups -OCH3 is 1. The minimum Gasteiger partial charge on any atom is -0.495 e. The van der Waals surface area contributed by atoms with Crippen LogP contribution in [-0.4, -0.2) is 18.6 Å². The summed E-state index contributed by atoms with van der Waals surface area (Å²) < 4.78 is 5.45. The van der Waals surface area contributed by atoms with Crippen molar-refractivity contribution in [1.82, 2.24) is 10.3 Å². The molecule has 1 heterocycles. The molecule has 0 radical (unpaired) electrons. The van der Waals surface area contributed by atoms with Crippen molar-refractivity contribution in [2.45, 2.75) is 26.3 Å². The highest BCUT2D eigenvalue weighted by molar-refractivity contribution is 6.31. The lowest BCUT2D eigenvalue weighted by Crippen LogP contribution is -2.25. The molecule has 1 N–H and O–H groups in total. The van der Waals surface area contributed by atoms with E-state index in [1.165, 1.54) is 0 Å². The first kappa shape index (κ1) is 15.8. The third-order valence-electron chi connectivity index (χ3n) is 3.36. The Morgan fingerprint density at radius 1 is 1.33 bits per heavy atom. The molecule has 3 nitrogen and oxygen atoms in total. The minimum absolute atomic E-state index is 0.0748. The molecule has 2 aromatic rings. The van der Waals surface area contributed by atoms with E-state index in [1.54, 1.807) is 13.3 Å². The molecule has 0 aliphatic rings. The van der Waals surface area contributed by atoms with E-state index in [-0.39, 0.29) is 6.04 Å². The van der Waals surface area contributed by atoms with E-state index < -0.39 is 0 Å². The van der Waals surface area contributed by atoms with Gasteiger partial charge in [-0.2, -0.15) is 0 Å². The van der Waals surface area contributed by atoms with Gasteiger partial charge in [0, 0.05) is 11.2 Å². The van der Waals surface area contributed by atoms with E-state index in [4.69, 9.17) is 16.3 Å². The molecule has 0 saturated carbocycles. The molecule has 1 aromatic heterocycles. The Hall–Kier alpha value is -1.58. The number of benzene rings is 1. The van der Waals surface area contributed by atoms with Gasteiger partial charge < -0.3 is 10.1 Å². The topological polar surface area (TPSA) is 34.2 Å². The van der Waals surface area contributed by atoms with Crippen LogP contribution in [0.15, 0.2) is 36.5 Å². The Morgan fingerprint density at radius 3 is 2.81 bits per heavy atom. The molecule has 0 saturated heterocycles. The number of hydrogen-bond donors (Lipinski definition) is 1. The van der Waals surface area contributed by atoms with E-state index in [1.807, 2.05) is 25.1 Å². The number of hydrogen-bond acceptors (Lipinski definition) is 3. The van der Waals surface area contributed by atoms with Crippen LogP contribution < -0.4 is 10.1 Å². The predicted molar refractivity (Wildman–Crippen MR) is 87.1 cm³/mol. The van der Waals surface area contributed by atoms with Crippen molar-refractivity contribution >= 4 is 11.6 Å². The van der Waals surface area contributed by atoms with Crippen LogP contribution in [0.5, 0.6) is 5.75 Å². The Bertz CT molecular complexity index is 601. The van der Waals surface area contributed by atoms with Gasteiger partial charge in [-0.15, -0.1) is 0 Å². The number of nitrogens with zero attached hydrogens (tertiary/aromatic N) is 1. The first-order valence-corrected chi connectivity index (χ1v) is 7.53. The molecule has 1 atom stereocenters. The summed E-state index contributed by atoms with van der Waals surface area (Å²) >= 11 is 6.44. The quantitative estimate of drug-likeness (QED) is 0.871. The smallest absolute Gasteiger partial charge is 0.142 e. The first-order chi connectivity index (χ1) is 10.2. The van der Waals surface area contributed by atoms with Crippen molar-refractivity contribution in [3.05, 3.63) is 58.4 Å². The molecular formula is C17H21ClN2O. The van der Waals surface area contributed by atoms with Gasteiger partial charge in [0.1, 0.15) is 11.4 Å². The summed E-state index contributed by atoms with van der Waals surface area (Å²) in [5, 5.41) is 4.26. The lowest BCUT2D eigenvalue weighted by molar-refractivity contribution is 0.400. The molecule has 0 aliphatic heterocycles. The SMILES string of the molecule is CCCNC(c1ccc(C)cc1Cl)c1ncccc1OC. The van der Waals surface area contributed by atoms with Gasteiger partial charge in [-0.3, -0.25) is 4.98 Å². The number of rotatable bonds is 6. The lowest BCUT2D eigenvalue weighted by Gasteiger charge is -2.21. The molecule has 0 bridgehead atoms. The highest BCUT2D eigenvalue weighted by atomic mass is 35.5. The molecule has 1 aromatic carbocycles. The maximum atomic E-state index is 6.44. The number of aryl methyl sites for hydroxylation is 1. The number of pyridine rings is 1. The molecule has 2 rings (SSSR count). The van der Waals surface area contributed by atoms with Crippen LogP contribution in [0.4, 0.5) is 0 Å². The summed E-state index contributed by atoms with van der Waals surface area (Å²) in [4.78, 5) is 4.50. The summed E-state index contributed by atoms with van der Waals surface area (Å²) in [7, 11) is 1.66. The summed E-state index contributed by atoms with van der Waals surface area (Å²) in [6.07, 6.45) is 2.82. The van der Waals surface area contributed by atoms with Crippen molar-refractivity contribution in [3.63, 3.8) is 0 Å². The Balaban J connectivity index is 2.47. The maximum Gasteiger partial charge on any atom is 0.142 e. The summed E-state index contributed by atoms with van der Waals surface area (Å²) in [5.74, 6) is 0.766. The van der Waals surface area contributed by atoms with Crippen molar-refractivity contribution in [1.29, 1.82) is 0 Å². The number of ether oxygens (including phenoxy) is 1. The number of nitrogens with one attached hydrogen (secondary N) is 1. The monoisotopic (exact) mass is 304 g/mol. The van der Waals surface area contributed by atoms with Crippen LogP contribution in [0.25, 0.3) is 0 Å². The van der Waals surface area contributed by atoms with E-state index in [9.17, 15) is 0 Å². The molecule has 0 amide bonds. The van der Waals surface area contributed by atoms with Crippen molar-refractivity contribution in [3.8, 4) is 5.75 Å². The third kappa shape index (κ3) is 3.74. The van der Waals surface area contributed by atoms with Crippen LogP contribution in [0.1, 0.15) is 36.2 Å². The highest BCUT2D eigenvalue weighted by Crippen LogP contribution is 2.32. The van der Waals surface area contributed by atoms with Crippen molar-refractivity contribution in [2.75, 3.05) is 13.7 Å². The standard InChI is InChI=1S/C17H21ClN2O/c1-4-9-19-16(13-8-7-12(2)11-14(13)18)17-15(21-3)6-5-10-20-17/h5-8,10-11,16,19H,4,9H2,1-3H3. The molecule has 0 aliphatic carbocycles. The van der Waals surface area contributed by atoms with E-state index in [0.717, 1.165) is 40.6 Å². The van der Waals surface area contributed by atoms with Crippen molar-refractivity contribution < 1.29 is 4.74 Å². The van der Waals surface area contributed by atoms with Gasteiger partial charge in [-0.1, -0.05) is 30.7 Å². The van der Waals surface area contributed by atoms with Gasteiger partial charge in [-0.25, -0.2) is 0 Å². The van der Waals surface area contributed by atoms with Gasteiger partial charge in [-0.05, 0) is 49.2 Å². The Kier molecular flexibility index (Phi) is 5.59. The highest BCUT2D eigenvalue weighted by Gasteiger charge is 2.21. The Morgan fingerprint density at radius 2 is 2.14 bits per heavy atom. The van der Waals surface area contributed by atoms with E-state index in [2.05, 4.69) is 29.4 Å². The number of halogens is 1. The maximum absolute atomic E-state index is 6.44. The molecular weight excluding hydrogens is 284 g/mol. The summed E-state index contributed by atoms with van der Waals surface area (Å²) in [5.41, 5.74) is 3.03. The van der Waals surface area contributed by atoms with Gasteiger partial charge in [0.25, 0.3) is 0 Å². The summed E-state index contributed by atoms with van der Waals surface area (Å²) in [6, 6.07) is 9.82. The van der Waals surface area contributed by atoms with Crippen LogP contribution in [0.2, 0.25) is 5.02 Å². The van der Waals surface area contributed by atoms with Gasteiger partial charge in [0.15, 0.2) is 0 Å². The molecule has 112 valence electrons. The third-order valence-corrected chi connectivity index (χ3v) is 3.69. The van der Waals surface area contributed by atoms with Crippen LogP contribution in [0, 0.1) is 6.92 Å². The van der Waals surface area contributed by atoms with Crippen LogP contribution in [0.3, 0.4) is 0 Å². The zero-order valence-electron chi connectivity index (χ0n) is 12.7. The average molecular weight is 305 g/mol. The Labute approximate surface area is 131 Å². The van der Waals surface area contributed by atoms with Gasteiger partial charge >= 0.3 is 0 Å². The zero-order valence-corrected chi connectivity index (χ0v) is 13.4. The average Bonchev–Trinajstić information content (AvgIpc) is 2.49. The fraction of sp³-hybridized carbons (Fsp3) is 0.353. The summed E-state index contributed by atoms with van der Waals surface area (Å²) in [6.45, 7) is 5.05. The predicted octanol–water partition coefficient (Wildman–Crippen LogP) is 4.14. The minimum atomic E-state index is -0.0748. The second-order valence-corrected chi connectivity index (χ2v) is 5.41. The second kappa shape index (κ2) is 7.43. The largest absolute Gasteiger partial charge is 0.495 e. The molecule has 1 unspecified atom stereocenters. The van der Waals surface area contributed by atoms with E-state index in [0.29, 0.717) is 0 Å². The van der Waals surface area contributed by atoms with Crippen LogP contribution >= 0.6 is 11.6 Å².